The van der Waals surface area contributed by atoms with E-state index in [0.29, 0.717) is 12.1 Å². The van der Waals surface area contributed by atoms with E-state index in [1.807, 2.05) is 6.92 Å². The van der Waals surface area contributed by atoms with Gasteiger partial charge in [0.15, 0.2) is 11.5 Å². The lowest BCUT2D eigenvalue weighted by molar-refractivity contribution is -0.119. The van der Waals surface area contributed by atoms with E-state index in [-0.39, 0.29) is 29.1 Å². The number of nitrogens with one attached hydrogen (secondary N) is 1. The number of benzene rings is 2. The number of carbonyl (C=O) groups is 1. The smallest absolute Gasteiger partial charge is 0.227 e. The second-order valence-corrected chi connectivity index (χ2v) is 5.44. The number of phenolic OH excluding ortho intramolecular Hbond substituents is 3. The van der Waals surface area contributed by atoms with E-state index in [1.54, 1.807) is 25.1 Å². The molecule has 0 radical (unpaired) electrons. The van der Waals surface area contributed by atoms with Crippen LogP contribution in [0.2, 0.25) is 0 Å². The largest absolute Gasteiger partial charge is 0.506 e. The summed E-state index contributed by atoms with van der Waals surface area (Å²) in [4.78, 5) is 12.2. The van der Waals surface area contributed by atoms with Crippen LogP contribution in [-0.2, 0) is 11.2 Å². The summed E-state index contributed by atoms with van der Waals surface area (Å²) in [6.07, 6.45) is 0.409. The molecule has 5 heteroatoms. The minimum Gasteiger partial charge on any atom is -0.506 e. The third-order valence-electron chi connectivity index (χ3n) is 3.44. The Morgan fingerprint density at radius 3 is 2.41 bits per heavy atom. The van der Waals surface area contributed by atoms with Gasteiger partial charge in [-0.2, -0.15) is 0 Å². The van der Waals surface area contributed by atoms with Gasteiger partial charge in [-0.3, -0.25) is 4.79 Å². The zero-order valence-electron chi connectivity index (χ0n) is 12.5. The molecule has 0 aliphatic carbocycles. The van der Waals surface area contributed by atoms with Gasteiger partial charge >= 0.3 is 0 Å². The van der Waals surface area contributed by atoms with Crippen molar-refractivity contribution in [3.63, 3.8) is 0 Å². The van der Waals surface area contributed by atoms with Crippen molar-refractivity contribution in [2.75, 3.05) is 5.32 Å². The highest BCUT2D eigenvalue weighted by atomic mass is 16.3. The molecule has 1 atom stereocenters. The third-order valence-corrected chi connectivity index (χ3v) is 3.44. The second-order valence-electron chi connectivity index (χ2n) is 5.44. The molecule has 0 saturated heterocycles. The first-order valence-electron chi connectivity index (χ1n) is 6.98. The lowest BCUT2D eigenvalue weighted by Gasteiger charge is -2.14. The lowest BCUT2D eigenvalue weighted by atomic mass is 10.00. The van der Waals surface area contributed by atoms with Crippen LogP contribution in [0.1, 0.15) is 18.1 Å². The summed E-state index contributed by atoms with van der Waals surface area (Å²) in [7, 11) is 0. The number of carbonyl (C=O) groups excluding carboxylic acids is 1. The van der Waals surface area contributed by atoms with E-state index in [2.05, 4.69) is 5.32 Å². The van der Waals surface area contributed by atoms with E-state index in [4.69, 9.17) is 0 Å². The maximum Gasteiger partial charge on any atom is 0.227 e. The molecule has 2 rings (SSSR count). The number of rotatable bonds is 4. The first-order valence-corrected chi connectivity index (χ1v) is 6.98. The van der Waals surface area contributed by atoms with Gasteiger partial charge in [-0.25, -0.2) is 0 Å². The van der Waals surface area contributed by atoms with Gasteiger partial charge in [0.05, 0.1) is 5.69 Å². The summed E-state index contributed by atoms with van der Waals surface area (Å²) in [5.74, 6) is -0.960. The maximum absolute atomic E-state index is 12.2. The highest BCUT2D eigenvalue weighted by Crippen LogP contribution is 2.27. The highest BCUT2D eigenvalue weighted by molar-refractivity contribution is 5.93. The van der Waals surface area contributed by atoms with Crippen molar-refractivity contribution in [1.82, 2.24) is 0 Å². The number of amides is 1. The molecule has 0 aromatic heterocycles. The number of hydrogen-bond acceptors (Lipinski definition) is 4. The van der Waals surface area contributed by atoms with Crippen LogP contribution in [0.4, 0.5) is 5.69 Å². The fraction of sp³-hybridized carbons (Fsp3) is 0.235. The number of aromatic hydroxyl groups is 3. The van der Waals surface area contributed by atoms with Gasteiger partial charge in [-0.05, 0) is 48.7 Å². The Bertz CT molecular complexity index is 697. The number of hydrogen-bond donors (Lipinski definition) is 4. The van der Waals surface area contributed by atoms with Gasteiger partial charge in [0.25, 0.3) is 0 Å². The van der Waals surface area contributed by atoms with E-state index in [0.717, 1.165) is 11.1 Å². The zero-order valence-corrected chi connectivity index (χ0v) is 12.5. The average molecular weight is 301 g/mol. The molecule has 0 saturated carbocycles. The summed E-state index contributed by atoms with van der Waals surface area (Å²) in [5, 5.41) is 31.2. The van der Waals surface area contributed by atoms with E-state index in [1.165, 1.54) is 18.2 Å². The van der Waals surface area contributed by atoms with Crippen LogP contribution in [0.5, 0.6) is 17.2 Å². The van der Waals surface area contributed by atoms with Crippen molar-refractivity contribution in [3.05, 3.63) is 47.5 Å². The minimum absolute atomic E-state index is 0.0217. The van der Waals surface area contributed by atoms with Gasteiger partial charge in [-0.1, -0.05) is 19.1 Å². The van der Waals surface area contributed by atoms with Crippen LogP contribution >= 0.6 is 0 Å². The number of phenols is 3. The van der Waals surface area contributed by atoms with Crippen molar-refractivity contribution < 1.29 is 20.1 Å². The van der Waals surface area contributed by atoms with Crippen molar-refractivity contribution in [1.29, 1.82) is 0 Å². The molecule has 0 aliphatic rings. The molecule has 116 valence electrons. The molecule has 2 aromatic rings. The zero-order chi connectivity index (χ0) is 16.3. The summed E-state index contributed by atoms with van der Waals surface area (Å²) in [6.45, 7) is 3.63. The fourth-order valence-electron chi connectivity index (χ4n) is 2.15. The molecule has 22 heavy (non-hydrogen) atoms. The third kappa shape index (κ3) is 3.69. The summed E-state index contributed by atoms with van der Waals surface area (Å²) in [6, 6.07) is 9.47. The average Bonchev–Trinajstić information content (AvgIpc) is 2.46. The normalized spacial score (nSPS) is 11.9. The first kappa shape index (κ1) is 15.7. The van der Waals surface area contributed by atoms with Gasteiger partial charge in [0, 0.05) is 5.92 Å². The molecule has 0 fully saturated rings. The van der Waals surface area contributed by atoms with Crippen LogP contribution < -0.4 is 5.32 Å². The van der Waals surface area contributed by atoms with E-state index < -0.39 is 0 Å². The standard InChI is InChI=1S/C17H19NO4/c1-10-3-5-14(19)13(7-10)18-17(22)11(2)8-12-4-6-15(20)16(21)9-12/h3-7,9,11,19-21H,8H2,1-2H3,(H,18,22). The monoisotopic (exact) mass is 301 g/mol. The molecule has 5 nitrogen and oxygen atoms in total. The Hall–Kier alpha value is -2.69. The number of anilines is 1. The van der Waals surface area contributed by atoms with Gasteiger partial charge in [-0.15, -0.1) is 0 Å². The molecule has 1 amide bonds. The predicted octanol–water partition coefficient (Wildman–Crippen LogP) is 2.93. The lowest BCUT2D eigenvalue weighted by Crippen LogP contribution is -2.22. The van der Waals surface area contributed by atoms with Crippen LogP contribution in [0.3, 0.4) is 0 Å². The Balaban J connectivity index is 2.05. The van der Waals surface area contributed by atoms with Gasteiger partial charge in [0.2, 0.25) is 5.91 Å². The molecule has 4 N–H and O–H groups in total. The van der Waals surface area contributed by atoms with Crippen LogP contribution in [0, 0.1) is 12.8 Å². The van der Waals surface area contributed by atoms with E-state index >= 15 is 0 Å². The van der Waals surface area contributed by atoms with Gasteiger partial charge in [0.1, 0.15) is 5.75 Å². The second kappa shape index (κ2) is 6.39. The Morgan fingerprint density at radius 1 is 1.05 bits per heavy atom. The molecule has 1 unspecified atom stereocenters. The summed E-state index contributed by atoms with van der Waals surface area (Å²) < 4.78 is 0. The van der Waals surface area contributed by atoms with Gasteiger partial charge < -0.3 is 20.6 Å². The van der Waals surface area contributed by atoms with Crippen LogP contribution in [0.25, 0.3) is 0 Å². The molecular weight excluding hydrogens is 282 g/mol. The highest BCUT2D eigenvalue weighted by Gasteiger charge is 2.16. The topological polar surface area (TPSA) is 89.8 Å². The predicted molar refractivity (Wildman–Crippen MR) is 84.1 cm³/mol. The molecule has 0 bridgehead atoms. The van der Waals surface area contributed by atoms with Crippen molar-refractivity contribution in [3.8, 4) is 17.2 Å². The van der Waals surface area contributed by atoms with Crippen LogP contribution in [0.15, 0.2) is 36.4 Å². The number of aryl methyl sites for hydroxylation is 1. The first-order chi connectivity index (χ1) is 10.4. The Kier molecular flexibility index (Phi) is 4.56. The van der Waals surface area contributed by atoms with Crippen molar-refractivity contribution >= 4 is 11.6 Å². The SMILES string of the molecule is Cc1ccc(O)c(NC(=O)C(C)Cc2ccc(O)c(O)c2)c1. The summed E-state index contributed by atoms with van der Waals surface area (Å²) >= 11 is 0. The fourth-order valence-corrected chi connectivity index (χ4v) is 2.15. The van der Waals surface area contributed by atoms with Crippen LogP contribution in [-0.4, -0.2) is 21.2 Å². The molecule has 0 spiro atoms. The van der Waals surface area contributed by atoms with Crippen molar-refractivity contribution in [2.45, 2.75) is 20.3 Å². The van der Waals surface area contributed by atoms with Crippen molar-refractivity contribution in [2.24, 2.45) is 5.92 Å². The maximum atomic E-state index is 12.2. The van der Waals surface area contributed by atoms with E-state index in [9.17, 15) is 20.1 Å². The molecule has 0 heterocycles. The Labute approximate surface area is 128 Å². The summed E-state index contributed by atoms with van der Waals surface area (Å²) in [5.41, 5.74) is 2.06. The molecule has 2 aromatic carbocycles. The Morgan fingerprint density at radius 2 is 1.73 bits per heavy atom. The molecular formula is C17H19NO4. The minimum atomic E-state index is -0.358. The molecule has 0 aliphatic heterocycles. The quantitative estimate of drug-likeness (QED) is 0.654.